The number of carbonyl (C=O) groups is 1. The molecule has 0 fully saturated rings. The zero-order valence-corrected chi connectivity index (χ0v) is 10.5. The van der Waals surface area contributed by atoms with Gasteiger partial charge in [0.1, 0.15) is 11.6 Å². The Labute approximate surface area is 110 Å². The van der Waals surface area contributed by atoms with E-state index in [9.17, 15) is 9.18 Å². The average Bonchev–Trinajstić information content (AvgIpc) is 2.90. The molecule has 0 radical (unpaired) electrons. The van der Waals surface area contributed by atoms with E-state index in [1.54, 1.807) is 18.4 Å². The van der Waals surface area contributed by atoms with E-state index in [-0.39, 0.29) is 11.6 Å². The molecular formula is C14H15FN2O2. The van der Waals surface area contributed by atoms with Crippen molar-refractivity contribution < 1.29 is 13.6 Å². The molecule has 1 aromatic heterocycles. The minimum atomic E-state index is -0.637. The summed E-state index contributed by atoms with van der Waals surface area (Å²) in [6.07, 6.45) is 1.59. The quantitative estimate of drug-likeness (QED) is 0.869. The summed E-state index contributed by atoms with van der Waals surface area (Å²) < 4.78 is 19.0. The number of nitrogens with two attached hydrogens (primary N) is 1. The van der Waals surface area contributed by atoms with Crippen LogP contribution >= 0.6 is 0 Å². The SMILES string of the molecule is CC(NCc1ccc(C(N)=O)cc1F)c1ccco1. The number of rotatable bonds is 5. The van der Waals surface area contributed by atoms with Gasteiger partial charge in [0.2, 0.25) is 5.91 Å². The van der Waals surface area contributed by atoms with E-state index in [2.05, 4.69) is 5.32 Å². The molecule has 0 aliphatic heterocycles. The van der Waals surface area contributed by atoms with Crippen molar-refractivity contribution in [3.05, 3.63) is 59.3 Å². The Hall–Kier alpha value is -2.14. The number of nitrogens with one attached hydrogen (secondary N) is 1. The topological polar surface area (TPSA) is 68.3 Å². The van der Waals surface area contributed by atoms with Crippen LogP contribution in [0.3, 0.4) is 0 Å². The second-order valence-corrected chi connectivity index (χ2v) is 4.29. The molecule has 1 aromatic carbocycles. The predicted molar refractivity (Wildman–Crippen MR) is 68.9 cm³/mol. The van der Waals surface area contributed by atoms with Crippen LogP contribution in [-0.4, -0.2) is 5.91 Å². The number of carbonyl (C=O) groups excluding carboxylic acids is 1. The smallest absolute Gasteiger partial charge is 0.248 e. The van der Waals surface area contributed by atoms with E-state index in [0.29, 0.717) is 12.1 Å². The number of halogens is 1. The second kappa shape index (κ2) is 5.67. The van der Waals surface area contributed by atoms with Gasteiger partial charge in [-0.15, -0.1) is 0 Å². The minimum absolute atomic E-state index is 0.0229. The minimum Gasteiger partial charge on any atom is -0.468 e. The maximum atomic E-state index is 13.7. The lowest BCUT2D eigenvalue weighted by Crippen LogP contribution is -2.19. The van der Waals surface area contributed by atoms with Gasteiger partial charge in [0, 0.05) is 17.7 Å². The summed E-state index contributed by atoms with van der Waals surface area (Å²) in [5.41, 5.74) is 5.73. The molecule has 1 unspecified atom stereocenters. The maximum absolute atomic E-state index is 13.7. The molecule has 1 atom stereocenters. The highest BCUT2D eigenvalue weighted by atomic mass is 19.1. The highest BCUT2D eigenvalue weighted by molar-refractivity contribution is 5.92. The Kier molecular flexibility index (Phi) is 3.97. The molecule has 1 amide bonds. The van der Waals surface area contributed by atoms with Crippen molar-refractivity contribution in [2.75, 3.05) is 0 Å². The molecule has 2 aromatic rings. The molecule has 0 spiro atoms. The van der Waals surface area contributed by atoms with E-state index in [0.717, 1.165) is 11.8 Å². The highest BCUT2D eigenvalue weighted by Gasteiger charge is 2.10. The fourth-order valence-electron chi connectivity index (χ4n) is 1.75. The van der Waals surface area contributed by atoms with Gasteiger partial charge in [0.05, 0.1) is 12.3 Å². The number of furan rings is 1. The third kappa shape index (κ3) is 3.20. The van der Waals surface area contributed by atoms with Gasteiger partial charge in [-0.05, 0) is 31.2 Å². The Morgan fingerprint density at radius 1 is 1.47 bits per heavy atom. The van der Waals surface area contributed by atoms with Gasteiger partial charge in [-0.3, -0.25) is 4.79 Å². The maximum Gasteiger partial charge on any atom is 0.248 e. The van der Waals surface area contributed by atoms with E-state index >= 15 is 0 Å². The van der Waals surface area contributed by atoms with Crippen molar-refractivity contribution in [3.63, 3.8) is 0 Å². The number of hydrogen-bond acceptors (Lipinski definition) is 3. The van der Waals surface area contributed by atoms with Crippen molar-refractivity contribution in [3.8, 4) is 0 Å². The molecule has 5 heteroatoms. The first-order valence-corrected chi connectivity index (χ1v) is 5.93. The standard InChI is InChI=1S/C14H15FN2O2/c1-9(13-3-2-6-19-13)17-8-11-5-4-10(14(16)18)7-12(11)15/h2-7,9,17H,8H2,1H3,(H2,16,18). The largest absolute Gasteiger partial charge is 0.468 e. The van der Waals surface area contributed by atoms with Crippen molar-refractivity contribution in [2.45, 2.75) is 19.5 Å². The molecule has 100 valence electrons. The van der Waals surface area contributed by atoms with Crippen molar-refractivity contribution in [1.29, 1.82) is 0 Å². The molecular weight excluding hydrogens is 247 g/mol. The molecule has 0 bridgehead atoms. The third-order valence-corrected chi connectivity index (χ3v) is 2.91. The normalized spacial score (nSPS) is 12.3. The molecule has 2 rings (SSSR count). The summed E-state index contributed by atoms with van der Waals surface area (Å²) in [7, 11) is 0. The Balaban J connectivity index is 2.02. The molecule has 3 N–H and O–H groups in total. The lowest BCUT2D eigenvalue weighted by molar-refractivity contribution is 0.1000. The van der Waals surface area contributed by atoms with Gasteiger partial charge in [-0.2, -0.15) is 0 Å². The molecule has 4 nitrogen and oxygen atoms in total. The van der Waals surface area contributed by atoms with Crippen LogP contribution in [0.15, 0.2) is 41.0 Å². The molecule has 19 heavy (non-hydrogen) atoms. The van der Waals surface area contributed by atoms with E-state index in [1.807, 2.05) is 13.0 Å². The zero-order chi connectivity index (χ0) is 13.8. The fourth-order valence-corrected chi connectivity index (χ4v) is 1.75. The van der Waals surface area contributed by atoms with Crippen molar-refractivity contribution in [1.82, 2.24) is 5.32 Å². The first-order valence-electron chi connectivity index (χ1n) is 5.93. The summed E-state index contributed by atoms with van der Waals surface area (Å²) in [5.74, 6) is -0.299. The van der Waals surface area contributed by atoms with Crippen LogP contribution < -0.4 is 11.1 Å². The number of amides is 1. The number of hydrogen-bond donors (Lipinski definition) is 2. The molecule has 1 heterocycles. The third-order valence-electron chi connectivity index (χ3n) is 2.91. The average molecular weight is 262 g/mol. The van der Waals surface area contributed by atoms with Gasteiger partial charge in [0.15, 0.2) is 0 Å². The predicted octanol–water partition coefficient (Wildman–Crippen LogP) is 2.37. The number of benzene rings is 1. The van der Waals surface area contributed by atoms with Crippen LogP contribution in [0.25, 0.3) is 0 Å². The van der Waals surface area contributed by atoms with E-state index < -0.39 is 11.7 Å². The Morgan fingerprint density at radius 2 is 2.26 bits per heavy atom. The summed E-state index contributed by atoms with van der Waals surface area (Å²) in [4.78, 5) is 10.9. The summed E-state index contributed by atoms with van der Waals surface area (Å²) in [6.45, 7) is 2.27. The van der Waals surface area contributed by atoms with Crippen LogP contribution in [0.4, 0.5) is 4.39 Å². The molecule has 0 aliphatic carbocycles. The molecule has 0 aliphatic rings. The van der Waals surface area contributed by atoms with Gasteiger partial charge >= 0.3 is 0 Å². The Bertz CT molecular complexity index is 567. The van der Waals surface area contributed by atoms with Crippen LogP contribution in [0, 0.1) is 5.82 Å². The van der Waals surface area contributed by atoms with Crippen LogP contribution in [0.5, 0.6) is 0 Å². The van der Waals surface area contributed by atoms with Crippen LogP contribution in [0.1, 0.15) is 34.6 Å². The Morgan fingerprint density at radius 3 is 2.84 bits per heavy atom. The zero-order valence-electron chi connectivity index (χ0n) is 10.5. The summed E-state index contributed by atoms with van der Waals surface area (Å²) >= 11 is 0. The molecule has 0 saturated heterocycles. The van der Waals surface area contributed by atoms with Gasteiger partial charge in [-0.25, -0.2) is 4.39 Å². The van der Waals surface area contributed by atoms with Crippen molar-refractivity contribution >= 4 is 5.91 Å². The summed E-state index contributed by atoms with van der Waals surface area (Å²) in [6, 6.07) is 7.85. The lowest BCUT2D eigenvalue weighted by Gasteiger charge is -2.12. The first kappa shape index (κ1) is 13.3. The number of primary amides is 1. The monoisotopic (exact) mass is 262 g/mol. The van der Waals surface area contributed by atoms with Crippen molar-refractivity contribution in [2.24, 2.45) is 5.73 Å². The molecule has 0 saturated carbocycles. The van der Waals surface area contributed by atoms with Gasteiger partial charge in [-0.1, -0.05) is 6.07 Å². The van der Waals surface area contributed by atoms with Crippen LogP contribution in [0.2, 0.25) is 0 Å². The van der Waals surface area contributed by atoms with E-state index in [1.165, 1.54) is 6.07 Å². The lowest BCUT2D eigenvalue weighted by atomic mass is 10.1. The van der Waals surface area contributed by atoms with Crippen LogP contribution in [-0.2, 0) is 6.54 Å². The highest BCUT2D eigenvalue weighted by Crippen LogP contribution is 2.15. The van der Waals surface area contributed by atoms with Gasteiger partial charge in [0.25, 0.3) is 0 Å². The first-order chi connectivity index (χ1) is 9.08. The summed E-state index contributed by atoms with van der Waals surface area (Å²) in [5, 5.41) is 3.14. The second-order valence-electron chi connectivity index (χ2n) is 4.29. The van der Waals surface area contributed by atoms with Gasteiger partial charge < -0.3 is 15.5 Å². The van der Waals surface area contributed by atoms with E-state index in [4.69, 9.17) is 10.2 Å². The fraction of sp³-hybridized carbons (Fsp3) is 0.214.